The number of aryl methyl sites for hydroxylation is 1. The molecule has 3 N–H and O–H groups in total. The maximum Gasteiger partial charge on any atom is 0.269 e. The SMILES string of the molecule is Cc1ccccc1C(=O)NNC(=O)c1cccc(NS(=O)(=O)c2ccc(Br)cc2)c1. The van der Waals surface area contributed by atoms with Crippen LogP contribution < -0.4 is 15.6 Å². The third-order valence-electron chi connectivity index (χ3n) is 4.18. The molecule has 0 aromatic heterocycles. The zero-order valence-electron chi connectivity index (χ0n) is 15.8. The van der Waals surface area contributed by atoms with Crippen LogP contribution in [0.3, 0.4) is 0 Å². The van der Waals surface area contributed by atoms with Crippen molar-refractivity contribution < 1.29 is 18.0 Å². The summed E-state index contributed by atoms with van der Waals surface area (Å²) in [6, 6.07) is 19.1. The number of hydrazine groups is 1. The molecule has 0 radical (unpaired) electrons. The van der Waals surface area contributed by atoms with Gasteiger partial charge in [-0.1, -0.05) is 40.2 Å². The molecule has 2 amide bonds. The van der Waals surface area contributed by atoms with Gasteiger partial charge in [0.1, 0.15) is 0 Å². The van der Waals surface area contributed by atoms with Crippen molar-refractivity contribution in [1.82, 2.24) is 10.9 Å². The second-order valence-corrected chi connectivity index (χ2v) is 8.96. The first-order valence-electron chi connectivity index (χ1n) is 8.81. The van der Waals surface area contributed by atoms with Gasteiger partial charge in [0.25, 0.3) is 21.8 Å². The summed E-state index contributed by atoms with van der Waals surface area (Å²) in [5.41, 5.74) is 6.29. The highest BCUT2D eigenvalue weighted by atomic mass is 79.9. The fourth-order valence-electron chi connectivity index (χ4n) is 2.63. The van der Waals surface area contributed by atoms with Gasteiger partial charge in [0.05, 0.1) is 4.90 Å². The Morgan fingerprint density at radius 1 is 0.833 bits per heavy atom. The van der Waals surface area contributed by atoms with Crippen molar-refractivity contribution in [2.24, 2.45) is 0 Å². The standard InChI is InChI=1S/C21H18BrN3O4S/c1-14-5-2-3-8-19(14)21(27)24-23-20(26)15-6-4-7-17(13-15)25-30(28,29)18-11-9-16(22)10-12-18/h2-13,25H,1H3,(H,23,26)(H,24,27). The first kappa shape index (κ1) is 21.5. The number of amides is 2. The van der Waals surface area contributed by atoms with Crippen LogP contribution in [0.2, 0.25) is 0 Å². The van der Waals surface area contributed by atoms with Gasteiger partial charge in [-0.2, -0.15) is 0 Å². The number of nitrogens with one attached hydrogen (secondary N) is 3. The van der Waals surface area contributed by atoms with E-state index in [0.717, 1.165) is 10.0 Å². The van der Waals surface area contributed by atoms with Crippen LogP contribution in [0.4, 0.5) is 5.69 Å². The van der Waals surface area contributed by atoms with Gasteiger partial charge >= 0.3 is 0 Å². The molecule has 0 unspecified atom stereocenters. The van der Waals surface area contributed by atoms with Crippen molar-refractivity contribution in [3.8, 4) is 0 Å². The van der Waals surface area contributed by atoms with Crippen LogP contribution in [0, 0.1) is 6.92 Å². The third-order valence-corrected chi connectivity index (χ3v) is 6.11. The first-order valence-corrected chi connectivity index (χ1v) is 11.1. The molecule has 0 aliphatic carbocycles. The predicted molar refractivity (Wildman–Crippen MR) is 118 cm³/mol. The quantitative estimate of drug-likeness (QED) is 0.477. The predicted octanol–water partition coefficient (Wildman–Crippen LogP) is 3.63. The number of benzene rings is 3. The molecule has 0 saturated carbocycles. The Kier molecular flexibility index (Phi) is 6.53. The normalized spacial score (nSPS) is 10.9. The van der Waals surface area contributed by atoms with Crippen molar-refractivity contribution in [1.29, 1.82) is 0 Å². The minimum Gasteiger partial charge on any atom is -0.280 e. The van der Waals surface area contributed by atoms with Crippen molar-refractivity contribution in [3.05, 3.63) is 94.0 Å². The maximum absolute atomic E-state index is 12.5. The molecule has 3 aromatic carbocycles. The molecular weight excluding hydrogens is 470 g/mol. The minimum absolute atomic E-state index is 0.0889. The van der Waals surface area contributed by atoms with Crippen LogP contribution in [0.5, 0.6) is 0 Å². The summed E-state index contributed by atoms with van der Waals surface area (Å²) < 4.78 is 28.2. The molecule has 30 heavy (non-hydrogen) atoms. The van der Waals surface area contributed by atoms with Crippen molar-refractivity contribution in [2.45, 2.75) is 11.8 Å². The van der Waals surface area contributed by atoms with Crippen LogP contribution in [0.15, 0.2) is 82.2 Å². The zero-order valence-corrected chi connectivity index (χ0v) is 18.2. The summed E-state index contributed by atoms with van der Waals surface area (Å²) in [4.78, 5) is 24.7. The summed E-state index contributed by atoms with van der Waals surface area (Å²) in [5, 5.41) is 0. The summed E-state index contributed by atoms with van der Waals surface area (Å²) >= 11 is 3.26. The first-order chi connectivity index (χ1) is 14.3. The number of carbonyl (C=O) groups is 2. The highest BCUT2D eigenvalue weighted by Gasteiger charge is 2.16. The van der Waals surface area contributed by atoms with E-state index in [4.69, 9.17) is 0 Å². The molecule has 7 nitrogen and oxygen atoms in total. The molecule has 3 rings (SSSR count). The number of anilines is 1. The number of carbonyl (C=O) groups excluding carboxylic acids is 2. The van der Waals surface area contributed by atoms with Gasteiger partial charge in [0.15, 0.2) is 0 Å². The van der Waals surface area contributed by atoms with E-state index < -0.39 is 21.8 Å². The van der Waals surface area contributed by atoms with Crippen LogP contribution in [-0.4, -0.2) is 20.2 Å². The number of sulfonamides is 1. The van der Waals surface area contributed by atoms with Gasteiger partial charge in [-0.25, -0.2) is 8.42 Å². The lowest BCUT2D eigenvalue weighted by Crippen LogP contribution is -2.41. The lowest BCUT2D eigenvalue weighted by atomic mass is 10.1. The largest absolute Gasteiger partial charge is 0.280 e. The average Bonchev–Trinajstić information content (AvgIpc) is 2.72. The van der Waals surface area contributed by atoms with Crippen LogP contribution in [-0.2, 0) is 10.0 Å². The van der Waals surface area contributed by atoms with Crippen LogP contribution in [0.1, 0.15) is 26.3 Å². The monoisotopic (exact) mass is 487 g/mol. The summed E-state index contributed by atoms with van der Waals surface area (Å²) in [6.07, 6.45) is 0. The molecule has 0 aliphatic heterocycles. The average molecular weight is 488 g/mol. The molecule has 0 atom stereocenters. The number of hydrogen-bond donors (Lipinski definition) is 3. The van der Waals surface area contributed by atoms with Gasteiger partial charge < -0.3 is 0 Å². The Labute approximate surface area is 182 Å². The highest BCUT2D eigenvalue weighted by molar-refractivity contribution is 9.10. The molecule has 3 aromatic rings. The van der Waals surface area contributed by atoms with Gasteiger partial charge in [-0.05, 0) is 61.0 Å². The molecule has 0 heterocycles. The van der Waals surface area contributed by atoms with Gasteiger partial charge in [-0.3, -0.25) is 25.2 Å². The number of halogens is 1. The Morgan fingerprint density at radius 2 is 1.50 bits per heavy atom. The molecule has 9 heteroatoms. The number of hydrogen-bond acceptors (Lipinski definition) is 4. The van der Waals surface area contributed by atoms with Crippen molar-refractivity contribution >= 4 is 43.5 Å². The minimum atomic E-state index is -3.81. The molecule has 154 valence electrons. The van der Waals surface area contributed by atoms with Gasteiger partial charge in [-0.15, -0.1) is 0 Å². The van der Waals surface area contributed by atoms with E-state index in [1.54, 1.807) is 37.3 Å². The Bertz CT molecular complexity index is 1190. The molecule has 0 saturated heterocycles. The van der Waals surface area contributed by atoms with E-state index in [2.05, 4.69) is 31.5 Å². The summed E-state index contributed by atoms with van der Waals surface area (Å²) in [5.74, 6) is -1.03. The fourth-order valence-corrected chi connectivity index (χ4v) is 3.95. The topological polar surface area (TPSA) is 104 Å². The highest BCUT2D eigenvalue weighted by Crippen LogP contribution is 2.19. The van der Waals surface area contributed by atoms with E-state index in [0.29, 0.717) is 5.56 Å². The van der Waals surface area contributed by atoms with Crippen LogP contribution in [0.25, 0.3) is 0 Å². The van der Waals surface area contributed by atoms with E-state index in [1.165, 1.54) is 36.4 Å². The smallest absolute Gasteiger partial charge is 0.269 e. The van der Waals surface area contributed by atoms with Gasteiger partial charge in [0, 0.05) is 21.3 Å². The van der Waals surface area contributed by atoms with Gasteiger partial charge in [0.2, 0.25) is 0 Å². The third kappa shape index (κ3) is 5.25. The summed E-state index contributed by atoms with van der Waals surface area (Å²) in [7, 11) is -3.81. The van der Waals surface area contributed by atoms with E-state index in [-0.39, 0.29) is 16.1 Å². The Morgan fingerprint density at radius 3 is 2.20 bits per heavy atom. The summed E-state index contributed by atoms with van der Waals surface area (Å²) in [6.45, 7) is 1.79. The number of rotatable bonds is 5. The lowest BCUT2D eigenvalue weighted by molar-refractivity contribution is 0.0846. The van der Waals surface area contributed by atoms with E-state index >= 15 is 0 Å². The molecule has 0 fully saturated rings. The Balaban J connectivity index is 1.69. The zero-order chi connectivity index (χ0) is 21.7. The molecule has 0 bridgehead atoms. The van der Waals surface area contributed by atoms with Crippen molar-refractivity contribution in [2.75, 3.05) is 4.72 Å². The second kappa shape index (κ2) is 9.10. The maximum atomic E-state index is 12.5. The Hall–Kier alpha value is -3.17. The second-order valence-electron chi connectivity index (χ2n) is 6.36. The molecule has 0 spiro atoms. The fraction of sp³-hybridized carbons (Fsp3) is 0.0476. The molecule has 0 aliphatic rings. The van der Waals surface area contributed by atoms with Crippen molar-refractivity contribution in [3.63, 3.8) is 0 Å². The molecular formula is C21H18BrN3O4S. The van der Waals surface area contributed by atoms with Crippen LogP contribution >= 0.6 is 15.9 Å². The van der Waals surface area contributed by atoms with E-state index in [9.17, 15) is 18.0 Å². The lowest BCUT2D eigenvalue weighted by Gasteiger charge is -2.11. The van der Waals surface area contributed by atoms with E-state index in [1.807, 2.05) is 6.07 Å².